The van der Waals surface area contributed by atoms with Crippen LogP contribution in [0.25, 0.3) is 0 Å². The number of aliphatic hydroxyl groups excluding tert-OH is 1. The fraction of sp³-hybridized carbons (Fsp3) is 0.450. The maximum absolute atomic E-state index is 13.1. The van der Waals surface area contributed by atoms with Crippen molar-refractivity contribution in [3.05, 3.63) is 42.4 Å². The van der Waals surface area contributed by atoms with Crippen LogP contribution in [0, 0.1) is 0 Å². The standard InChI is InChI=1S/C20H24N2O6S2/c1-6-18(3,4)28-17(26)19(12-23)9-10-21-15(25)20(27-5,16(21)30-19)22(13(2)24)14-8-7-11-29-14/h6-11,16,23H,1,12H2,2-5H3/t16-,19?,20?/m1/s1. The third kappa shape index (κ3) is 3.27. The van der Waals surface area contributed by atoms with Gasteiger partial charge in [0.2, 0.25) is 5.91 Å². The summed E-state index contributed by atoms with van der Waals surface area (Å²) in [6, 6.07) is 3.48. The van der Waals surface area contributed by atoms with E-state index in [1.807, 2.05) is 0 Å². The number of fused-ring (bicyclic) bond motifs is 1. The Bertz CT molecular complexity index is 899. The van der Waals surface area contributed by atoms with Gasteiger partial charge in [0.15, 0.2) is 4.75 Å². The number of thioether (sulfide) groups is 1. The number of esters is 1. The highest BCUT2D eigenvalue weighted by atomic mass is 32.2. The minimum atomic E-state index is -1.65. The lowest BCUT2D eigenvalue weighted by Crippen LogP contribution is -2.81. The van der Waals surface area contributed by atoms with Gasteiger partial charge in [-0.15, -0.1) is 23.1 Å². The second kappa shape index (κ2) is 7.84. The zero-order valence-electron chi connectivity index (χ0n) is 17.2. The van der Waals surface area contributed by atoms with E-state index in [1.165, 1.54) is 53.5 Å². The summed E-state index contributed by atoms with van der Waals surface area (Å²) in [5.74, 6) is -1.49. The maximum Gasteiger partial charge on any atom is 0.329 e. The van der Waals surface area contributed by atoms with E-state index in [1.54, 1.807) is 31.4 Å². The van der Waals surface area contributed by atoms with Crippen LogP contribution in [0.2, 0.25) is 0 Å². The van der Waals surface area contributed by atoms with E-state index in [4.69, 9.17) is 9.47 Å². The van der Waals surface area contributed by atoms with Gasteiger partial charge >= 0.3 is 5.97 Å². The summed E-state index contributed by atoms with van der Waals surface area (Å²) in [6.45, 7) is 7.79. The quantitative estimate of drug-likeness (QED) is 0.293. The number of thiophene rings is 1. The van der Waals surface area contributed by atoms with Gasteiger partial charge in [-0.1, -0.05) is 6.58 Å². The number of hydrogen-bond donors (Lipinski definition) is 1. The van der Waals surface area contributed by atoms with Crippen LogP contribution >= 0.6 is 23.1 Å². The molecule has 1 saturated heterocycles. The van der Waals surface area contributed by atoms with Gasteiger partial charge in [0.1, 0.15) is 16.0 Å². The Kier molecular flexibility index (Phi) is 5.89. The molecule has 3 rings (SSSR count). The van der Waals surface area contributed by atoms with E-state index in [0.29, 0.717) is 5.00 Å². The fourth-order valence-corrected chi connectivity index (χ4v) is 5.63. The number of methoxy groups -OCH3 is 1. The van der Waals surface area contributed by atoms with Crippen LogP contribution in [-0.4, -0.2) is 63.0 Å². The molecule has 1 aromatic heterocycles. The Morgan fingerprint density at radius 2 is 2.17 bits per heavy atom. The van der Waals surface area contributed by atoms with E-state index in [0.717, 1.165) is 11.8 Å². The molecule has 0 saturated carbocycles. The summed E-state index contributed by atoms with van der Waals surface area (Å²) < 4.78 is 9.72. The number of hydrogen-bond acceptors (Lipinski definition) is 8. The molecule has 0 bridgehead atoms. The third-order valence-electron chi connectivity index (χ3n) is 5.07. The van der Waals surface area contributed by atoms with Crippen molar-refractivity contribution >= 4 is 45.9 Å². The molecule has 162 valence electrons. The van der Waals surface area contributed by atoms with Gasteiger partial charge < -0.3 is 14.6 Å². The van der Waals surface area contributed by atoms with Crippen molar-refractivity contribution < 1.29 is 29.0 Å². The summed E-state index contributed by atoms with van der Waals surface area (Å²) in [7, 11) is 1.34. The minimum absolute atomic E-state index is 0.382. The van der Waals surface area contributed by atoms with Crippen LogP contribution in [0.4, 0.5) is 5.00 Å². The Morgan fingerprint density at radius 3 is 2.67 bits per heavy atom. The molecule has 2 unspecified atom stereocenters. The number of carbonyl (C=O) groups is 3. The number of amides is 2. The molecule has 1 N–H and O–H groups in total. The van der Waals surface area contributed by atoms with Crippen molar-refractivity contribution in [2.24, 2.45) is 0 Å². The lowest BCUT2D eigenvalue weighted by molar-refractivity contribution is -0.182. The molecule has 8 nitrogen and oxygen atoms in total. The molecule has 2 aliphatic rings. The number of rotatable bonds is 7. The molecular weight excluding hydrogens is 428 g/mol. The van der Waals surface area contributed by atoms with Gasteiger partial charge in [-0.25, -0.2) is 0 Å². The number of carbonyl (C=O) groups excluding carboxylic acids is 3. The number of ether oxygens (including phenoxy) is 2. The average molecular weight is 453 g/mol. The second-order valence-electron chi connectivity index (χ2n) is 7.45. The van der Waals surface area contributed by atoms with Gasteiger partial charge in [-0.05, 0) is 43.5 Å². The predicted octanol–water partition coefficient (Wildman–Crippen LogP) is 2.11. The molecule has 3 atom stereocenters. The van der Waals surface area contributed by atoms with Gasteiger partial charge in [0.05, 0.1) is 6.61 Å². The largest absolute Gasteiger partial charge is 0.454 e. The normalized spacial score (nSPS) is 27.8. The van der Waals surface area contributed by atoms with Crippen LogP contribution in [-0.2, 0) is 23.9 Å². The first-order chi connectivity index (χ1) is 14.1. The third-order valence-corrected chi connectivity index (χ3v) is 7.54. The number of β-lactam (4-membered cyclic amide) rings is 1. The van der Waals surface area contributed by atoms with Crippen LogP contribution in [0.15, 0.2) is 42.4 Å². The molecule has 1 aromatic rings. The summed E-state index contributed by atoms with van der Waals surface area (Å²) in [5, 5.41) is 11.7. The lowest BCUT2D eigenvalue weighted by Gasteiger charge is -2.59. The lowest BCUT2D eigenvalue weighted by atomic mass is 9.98. The Balaban J connectivity index is 2.01. The number of aliphatic hydroxyl groups is 1. The van der Waals surface area contributed by atoms with Crippen LogP contribution in [0.5, 0.6) is 0 Å². The maximum atomic E-state index is 13.1. The Morgan fingerprint density at radius 1 is 1.47 bits per heavy atom. The van der Waals surface area contributed by atoms with Crippen molar-refractivity contribution in [1.29, 1.82) is 0 Å². The topological polar surface area (TPSA) is 96.4 Å². The molecule has 1 fully saturated rings. The molecule has 30 heavy (non-hydrogen) atoms. The smallest absolute Gasteiger partial charge is 0.329 e. The molecule has 0 radical (unpaired) electrons. The van der Waals surface area contributed by atoms with Gasteiger partial charge in [-0.3, -0.25) is 24.2 Å². The van der Waals surface area contributed by atoms with Crippen molar-refractivity contribution in [3.8, 4) is 0 Å². The van der Waals surface area contributed by atoms with E-state index in [2.05, 4.69) is 6.58 Å². The van der Waals surface area contributed by atoms with E-state index >= 15 is 0 Å². The molecule has 0 aromatic carbocycles. The van der Waals surface area contributed by atoms with Crippen LogP contribution in [0.1, 0.15) is 20.8 Å². The highest BCUT2D eigenvalue weighted by Gasteiger charge is 2.70. The molecular formula is C20H24N2O6S2. The first kappa shape index (κ1) is 22.5. The predicted molar refractivity (Wildman–Crippen MR) is 115 cm³/mol. The first-order valence-corrected chi connectivity index (χ1v) is 10.9. The van der Waals surface area contributed by atoms with Gasteiger partial charge in [0.25, 0.3) is 11.6 Å². The SMILES string of the molecule is C=CC(C)(C)OC(=O)C1(CO)C=CN2C(=O)C(OC)(N(C(C)=O)c3cccs3)[C@H]2S1. The monoisotopic (exact) mass is 452 g/mol. The molecule has 0 spiro atoms. The number of nitrogens with zero attached hydrogens (tertiary/aromatic N) is 2. The summed E-state index contributed by atoms with van der Waals surface area (Å²) in [6.07, 6.45) is 4.36. The van der Waals surface area contributed by atoms with E-state index in [-0.39, 0.29) is 5.91 Å². The zero-order chi connectivity index (χ0) is 22.3. The second-order valence-corrected chi connectivity index (χ2v) is 9.79. The summed E-state index contributed by atoms with van der Waals surface area (Å²) in [5.41, 5.74) is -2.60. The molecule has 3 heterocycles. The number of anilines is 1. The van der Waals surface area contributed by atoms with Gasteiger partial charge in [0, 0.05) is 20.2 Å². The highest BCUT2D eigenvalue weighted by Crippen LogP contribution is 2.53. The van der Waals surface area contributed by atoms with Gasteiger partial charge in [-0.2, -0.15) is 0 Å². The Labute approximate surface area is 183 Å². The average Bonchev–Trinajstić information content (AvgIpc) is 3.24. The summed E-state index contributed by atoms with van der Waals surface area (Å²) >= 11 is 2.30. The fourth-order valence-electron chi connectivity index (χ4n) is 3.31. The van der Waals surface area contributed by atoms with Crippen molar-refractivity contribution in [2.45, 2.75) is 42.2 Å². The zero-order valence-corrected chi connectivity index (χ0v) is 18.8. The molecule has 10 heteroatoms. The van der Waals surface area contributed by atoms with Crippen LogP contribution < -0.4 is 4.90 Å². The van der Waals surface area contributed by atoms with Crippen molar-refractivity contribution in [3.63, 3.8) is 0 Å². The van der Waals surface area contributed by atoms with Crippen molar-refractivity contribution in [1.82, 2.24) is 4.90 Å². The molecule has 2 amide bonds. The van der Waals surface area contributed by atoms with E-state index in [9.17, 15) is 19.5 Å². The Hall–Kier alpha value is -2.14. The van der Waals surface area contributed by atoms with Crippen LogP contribution in [0.3, 0.4) is 0 Å². The van der Waals surface area contributed by atoms with E-state index < -0.39 is 39.9 Å². The van der Waals surface area contributed by atoms with Crippen molar-refractivity contribution in [2.75, 3.05) is 18.6 Å². The molecule has 0 aliphatic carbocycles. The highest BCUT2D eigenvalue weighted by molar-refractivity contribution is 8.02. The minimum Gasteiger partial charge on any atom is -0.454 e. The summed E-state index contributed by atoms with van der Waals surface area (Å²) in [4.78, 5) is 41.3. The first-order valence-electron chi connectivity index (χ1n) is 9.16. The molecule has 2 aliphatic heterocycles.